The first kappa shape index (κ1) is 23.1. The first-order valence-electron chi connectivity index (χ1n) is 10.5. The molecule has 168 valence electrons. The smallest absolute Gasteiger partial charge is 0.338 e. The van der Waals surface area contributed by atoms with E-state index in [-0.39, 0.29) is 23.9 Å². The lowest BCUT2D eigenvalue weighted by atomic mass is 10.0. The molecular weight excluding hydrogens is 494 g/mol. The van der Waals surface area contributed by atoms with E-state index in [4.69, 9.17) is 4.74 Å². The molecule has 0 spiro atoms. The van der Waals surface area contributed by atoms with Crippen molar-refractivity contribution in [1.82, 2.24) is 0 Å². The first-order valence-corrected chi connectivity index (χ1v) is 11.3. The molecule has 0 saturated carbocycles. The van der Waals surface area contributed by atoms with Crippen LogP contribution in [0.3, 0.4) is 0 Å². The molecule has 0 aliphatic carbocycles. The van der Waals surface area contributed by atoms with Gasteiger partial charge in [0.2, 0.25) is 0 Å². The van der Waals surface area contributed by atoms with Gasteiger partial charge in [0.1, 0.15) is 0 Å². The van der Waals surface area contributed by atoms with Gasteiger partial charge in [-0.3, -0.25) is 9.59 Å². The summed E-state index contributed by atoms with van der Waals surface area (Å²) in [6.07, 6.45) is 0. The summed E-state index contributed by atoms with van der Waals surface area (Å²) < 4.78 is 6.06. The van der Waals surface area contributed by atoms with Gasteiger partial charge in [0.05, 0.1) is 5.56 Å². The van der Waals surface area contributed by atoms with E-state index in [1.807, 2.05) is 42.5 Å². The monoisotopic (exact) mass is 513 g/mol. The van der Waals surface area contributed by atoms with E-state index in [1.165, 1.54) is 0 Å². The Morgan fingerprint density at radius 1 is 0.647 bits per heavy atom. The third-order valence-corrected chi connectivity index (χ3v) is 5.66. The van der Waals surface area contributed by atoms with Gasteiger partial charge in [0.15, 0.2) is 12.4 Å². The third kappa shape index (κ3) is 5.85. The molecule has 1 amide bonds. The number of amides is 1. The van der Waals surface area contributed by atoms with Crippen molar-refractivity contribution < 1.29 is 19.1 Å². The summed E-state index contributed by atoms with van der Waals surface area (Å²) in [5.41, 5.74) is 3.87. The number of ether oxygens (including phenoxy) is 1. The van der Waals surface area contributed by atoms with Crippen molar-refractivity contribution >= 4 is 39.3 Å². The van der Waals surface area contributed by atoms with E-state index < -0.39 is 5.97 Å². The van der Waals surface area contributed by atoms with Gasteiger partial charge in [-0.05, 0) is 59.7 Å². The number of hydrogen-bond donors (Lipinski definition) is 1. The van der Waals surface area contributed by atoms with Gasteiger partial charge in [-0.2, -0.15) is 0 Å². The standard InChI is InChI=1S/C28H20BrNO4/c29-24-14-10-22(11-15-24)27(32)30-25-16-12-23(13-17-25)28(33)34-18-26(31)21-8-6-20(7-9-21)19-4-2-1-3-5-19/h1-17H,18H2,(H,30,32). The van der Waals surface area contributed by atoms with E-state index in [0.717, 1.165) is 15.6 Å². The van der Waals surface area contributed by atoms with Crippen molar-refractivity contribution in [2.45, 2.75) is 0 Å². The summed E-state index contributed by atoms with van der Waals surface area (Å²) in [6, 6.07) is 30.3. The Morgan fingerprint density at radius 2 is 1.21 bits per heavy atom. The molecule has 4 aromatic rings. The van der Waals surface area contributed by atoms with E-state index in [1.54, 1.807) is 60.7 Å². The second-order valence-electron chi connectivity index (χ2n) is 7.48. The summed E-state index contributed by atoms with van der Waals surface area (Å²) in [5.74, 6) is -1.15. The lowest BCUT2D eigenvalue weighted by Crippen LogP contribution is -2.15. The zero-order valence-electron chi connectivity index (χ0n) is 18.0. The van der Waals surface area contributed by atoms with Crippen LogP contribution in [0.4, 0.5) is 5.69 Å². The van der Waals surface area contributed by atoms with Gasteiger partial charge in [-0.1, -0.05) is 70.5 Å². The summed E-state index contributed by atoms with van der Waals surface area (Å²) in [5, 5.41) is 2.77. The van der Waals surface area contributed by atoms with E-state index in [9.17, 15) is 14.4 Å². The van der Waals surface area contributed by atoms with E-state index in [0.29, 0.717) is 16.8 Å². The number of nitrogens with one attached hydrogen (secondary N) is 1. The van der Waals surface area contributed by atoms with Crippen molar-refractivity contribution in [2.75, 3.05) is 11.9 Å². The van der Waals surface area contributed by atoms with Gasteiger partial charge in [0, 0.05) is 21.3 Å². The minimum absolute atomic E-state index is 0.258. The molecule has 4 rings (SSSR count). The Morgan fingerprint density at radius 3 is 1.85 bits per heavy atom. The van der Waals surface area contributed by atoms with E-state index >= 15 is 0 Å². The molecule has 0 aliphatic rings. The molecule has 5 nitrogen and oxygen atoms in total. The van der Waals surface area contributed by atoms with Crippen LogP contribution < -0.4 is 5.32 Å². The van der Waals surface area contributed by atoms with Gasteiger partial charge < -0.3 is 10.1 Å². The lowest BCUT2D eigenvalue weighted by Gasteiger charge is -2.08. The van der Waals surface area contributed by atoms with Crippen LogP contribution in [0.1, 0.15) is 31.1 Å². The molecule has 0 atom stereocenters. The summed E-state index contributed by atoms with van der Waals surface area (Å²) in [6.45, 7) is -0.356. The first-order chi connectivity index (χ1) is 16.5. The lowest BCUT2D eigenvalue weighted by molar-refractivity contribution is 0.0475. The van der Waals surface area contributed by atoms with Crippen molar-refractivity contribution in [3.8, 4) is 11.1 Å². The van der Waals surface area contributed by atoms with E-state index in [2.05, 4.69) is 21.2 Å². The molecular formula is C28H20BrNO4. The maximum absolute atomic E-state index is 12.4. The largest absolute Gasteiger partial charge is 0.454 e. The van der Waals surface area contributed by atoms with Gasteiger partial charge in [-0.25, -0.2) is 4.79 Å². The van der Waals surface area contributed by atoms with Crippen LogP contribution in [0.5, 0.6) is 0 Å². The number of rotatable bonds is 7. The van der Waals surface area contributed by atoms with Crippen molar-refractivity contribution in [3.63, 3.8) is 0 Å². The highest BCUT2D eigenvalue weighted by Crippen LogP contribution is 2.20. The normalized spacial score (nSPS) is 10.4. The zero-order chi connectivity index (χ0) is 23.9. The molecule has 34 heavy (non-hydrogen) atoms. The number of ketones is 1. The fourth-order valence-electron chi connectivity index (χ4n) is 3.27. The average Bonchev–Trinajstić information content (AvgIpc) is 2.88. The highest BCUT2D eigenvalue weighted by Gasteiger charge is 2.13. The Labute approximate surface area is 205 Å². The zero-order valence-corrected chi connectivity index (χ0v) is 19.6. The topological polar surface area (TPSA) is 72.5 Å². The molecule has 0 unspecified atom stereocenters. The summed E-state index contributed by atoms with van der Waals surface area (Å²) in [7, 11) is 0. The number of benzene rings is 4. The Hall–Kier alpha value is -4.03. The molecule has 6 heteroatoms. The van der Waals surface area contributed by atoms with Crippen molar-refractivity contribution in [3.05, 3.63) is 124 Å². The van der Waals surface area contributed by atoms with Gasteiger partial charge in [0.25, 0.3) is 5.91 Å². The Balaban J connectivity index is 1.31. The SMILES string of the molecule is O=C(COC(=O)c1ccc(NC(=O)c2ccc(Br)cc2)cc1)c1ccc(-c2ccccc2)cc1. The molecule has 0 fully saturated rings. The Kier molecular flexibility index (Phi) is 7.30. The van der Waals surface area contributed by atoms with Crippen LogP contribution in [0.2, 0.25) is 0 Å². The number of esters is 1. The molecule has 0 heterocycles. The molecule has 0 bridgehead atoms. The number of hydrogen-bond acceptors (Lipinski definition) is 4. The fraction of sp³-hybridized carbons (Fsp3) is 0.0357. The Bertz CT molecular complexity index is 1300. The van der Waals surface area contributed by atoms with Crippen LogP contribution in [-0.2, 0) is 4.74 Å². The molecule has 4 aromatic carbocycles. The van der Waals surface area contributed by atoms with Gasteiger partial charge in [-0.15, -0.1) is 0 Å². The minimum atomic E-state index is -0.611. The van der Waals surface area contributed by atoms with Crippen LogP contribution in [-0.4, -0.2) is 24.3 Å². The number of halogens is 1. The third-order valence-electron chi connectivity index (χ3n) is 5.13. The predicted octanol–water partition coefficient (Wildman–Crippen LogP) is 6.41. The van der Waals surface area contributed by atoms with Crippen LogP contribution in [0, 0.1) is 0 Å². The maximum Gasteiger partial charge on any atom is 0.338 e. The van der Waals surface area contributed by atoms with Crippen LogP contribution in [0.15, 0.2) is 108 Å². The highest BCUT2D eigenvalue weighted by molar-refractivity contribution is 9.10. The maximum atomic E-state index is 12.4. The number of carbonyl (C=O) groups excluding carboxylic acids is 3. The van der Waals surface area contributed by atoms with Crippen molar-refractivity contribution in [1.29, 1.82) is 0 Å². The second kappa shape index (κ2) is 10.7. The predicted molar refractivity (Wildman–Crippen MR) is 135 cm³/mol. The quantitative estimate of drug-likeness (QED) is 0.229. The summed E-state index contributed by atoms with van der Waals surface area (Å²) in [4.78, 5) is 37.1. The average molecular weight is 514 g/mol. The molecule has 0 saturated heterocycles. The van der Waals surface area contributed by atoms with Crippen molar-refractivity contribution in [2.24, 2.45) is 0 Å². The van der Waals surface area contributed by atoms with Crippen LogP contribution >= 0.6 is 15.9 Å². The fourth-order valence-corrected chi connectivity index (χ4v) is 3.54. The molecule has 0 aliphatic heterocycles. The minimum Gasteiger partial charge on any atom is -0.454 e. The number of Topliss-reactive ketones (excluding diaryl/α,β-unsaturated/α-hetero) is 1. The number of carbonyl (C=O) groups is 3. The molecule has 1 N–H and O–H groups in total. The second-order valence-corrected chi connectivity index (χ2v) is 8.40. The number of anilines is 1. The molecule has 0 aromatic heterocycles. The van der Waals surface area contributed by atoms with Crippen LogP contribution in [0.25, 0.3) is 11.1 Å². The summed E-state index contributed by atoms with van der Waals surface area (Å²) >= 11 is 3.33. The highest BCUT2D eigenvalue weighted by atomic mass is 79.9. The molecule has 0 radical (unpaired) electrons. The van der Waals surface area contributed by atoms with Gasteiger partial charge >= 0.3 is 5.97 Å².